The van der Waals surface area contributed by atoms with Crippen LogP contribution in [-0.2, 0) is 13.2 Å². The molecule has 0 atom stereocenters. The van der Waals surface area contributed by atoms with E-state index in [0.717, 1.165) is 38.2 Å². The maximum absolute atomic E-state index is 6.05. The van der Waals surface area contributed by atoms with Gasteiger partial charge >= 0.3 is 0 Å². The molecule has 0 amide bonds. The van der Waals surface area contributed by atoms with Crippen LogP contribution in [0.25, 0.3) is 0 Å². The van der Waals surface area contributed by atoms with Gasteiger partial charge in [0.1, 0.15) is 24.7 Å². The first-order valence-corrected chi connectivity index (χ1v) is 9.07. The van der Waals surface area contributed by atoms with Crippen LogP contribution in [0.4, 0.5) is 0 Å². The van der Waals surface area contributed by atoms with Crippen LogP contribution < -0.4 is 9.47 Å². The molecule has 0 saturated heterocycles. The molecule has 0 aliphatic heterocycles. The molecule has 2 nitrogen and oxygen atoms in total. The van der Waals surface area contributed by atoms with Crippen molar-refractivity contribution >= 4 is 15.9 Å². The van der Waals surface area contributed by atoms with Gasteiger partial charge in [-0.25, -0.2) is 0 Å². The van der Waals surface area contributed by atoms with Gasteiger partial charge in [-0.05, 0) is 58.1 Å². The van der Waals surface area contributed by atoms with Crippen molar-refractivity contribution in [2.45, 2.75) is 27.1 Å². The van der Waals surface area contributed by atoms with Crippen molar-refractivity contribution < 1.29 is 9.47 Å². The molecular formula is C22H21BrO2. The molecule has 0 unspecified atom stereocenters. The molecule has 3 aromatic rings. The summed E-state index contributed by atoms with van der Waals surface area (Å²) in [5, 5.41) is 0. The second-order valence-corrected chi connectivity index (χ2v) is 6.84. The minimum atomic E-state index is 0.546. The molecule has 0 N–H and O–H groups in total. The number of halogens is 1. The Kier molecular flexibility index (Phi) is 5.77. The summed E-state index contributed by atoms with van der Waals surface area (Å²) in [4.78, 5) is 0. The molecule has 0 aromatic heterocycles. The molecular weight excluding hydrogens is 376 g/mol. The van der Waals surface area contributed by atoms with Crippen LogP contribution in [0.5, 0.6) is 11.5 Å². The van der Waals surface area contributed by atoms with E-state index in [0.29, 0.717) is 13.2 Å². The van der Waals surface area contributed by atoms with E-state index in [2.05, 4.69) is 54.0 Å². The van der Waals surface area contributed by atoms with Crippen molar-refractivity contribution in [2.24, 2.45) is 0 Å². The highest BCUT2D eigenvalue weighted by Gasteiger charge is 2.14. The van der Waals surface area contributed by atoms with Crippen molar-refractivity contribution in [1.29, 1.82) is 0 Å². The average molecular weight is 397 g/mol. The summed E-state index contributed by atoms with van der Waals surface area (Å²) in [6.45, 7) is 5.23. The normalized spacial score (nSPS) is 10.5. The summed E-state index contributed by atoms with van der Waals surface area (Å²) >= 11 is 3.63. The molecule has 3 aromatic carbocycles. The van der Waals surface area contributed by atoms with Gasteiger partial charge in [-0.15, -0.1) is 0 Å². The second-order valence-electron chi connectivity index (χ2n) is 5.98. The number of hydrogen-bond acceptors (Lipinski definition) is 2. The molecule has 3 rings (SSSR count). The third kappa shape index (κ3) is 4.43. The van der Waals surface area contributed by atoms with E-state index in [1.807, 2.05) is 42.5 Å². The van der Waals surface area contributed by atoms with Crippen LogP contribution >= 0.6 is 15.9 Å². The van der Waals surface area contributed by atoms with E-state index in [1.54, 1.807) is 0 Å². The zero-order chi connectivity index (χ0) is 17.6. The Labute approximate surface area is 157 Å². The topological polar surface area (TPSA) is 18.5 Å². The van der Waals surface area contributed by atoms with Crippen LogP contribution in [-0.4, -0.2) is 0 Å². The first-order chi connectivity index (χ1) is 12.1. The molecule has 0 fully saturated rings. The second kappa shape index (κ2) is 8.21. The van der Waals surface area contributed by atoms with Gasteiger partial charge in [-0.1, -0.05) is 60.7 Å². The molecule has 0 bridgehead atoms. The fourth-order valence-electron chi connectivity index (χ4n) is 2.62. The van der Waals surface area contributed by atoms with Gasteiger partial charge in [0.15, 0.2) is 0 Å². The lowest BCUT2D eigenvalue weighted by Gasteiger charge is -2.17. The highest BCUT2D eigenvalue weighted by atomic mass is 79.9. The summed E-state index contributed by atoms with van der Waals surface area (Å²) in [7, 11) is 0. The molecule has 0 spiro atoms. The van der Waals surface area contributed by atoms with Crippen LogP contribution in [0.2, 0.25) is 0 Å². The zero-order valence-corrected chi connectivity index (χ0v) is 16.0. The van der Waals surface area contributed by atoms with E-state index in [9.17, 15) is 0 Å². The predicted octanol–water partition coefficient (Wildman–Crippen LogP) is 6.22. The van der Waals surface area contributed by atoms with Gasteiger partial charge in [-0.3, -0.25) is 0 Å². The van der Waals surface area contributed by atoms with E-state index in [1.165, 1.54) is 0 Å². The van der Waals surface area contributed by atoms with Crippen LogP contribution in [0.3, 0.4) is 0 Å². The first kappa shape index (κ1) is 17.6. The predicted molar refractivity (Wildman–Crippen MR) is 105 cm³/mol. The molecule has 0 heterocycles. The summed E-state index contributed by atoms with van der Waals surface area (Å²) < 4.78 is 13.0. The van der Waals surface area contributed by atoms with Crippen LogP contribution in [0, 0.1) is 13.8 Å². The summed E-state index contributed by atoms with van der Waals surface area (Å²) in [5.41, 5.74) is 4.49. The van der Waals surface area contributed by atoms with Crippen molar-refractivity contribution in [1.82, 2.24) is 0 Å². The highest BCUT2D eigenvalue weighted by Crippen LogP contribution is 2.37. The molecule has 0 radical (unpaired) electrons. The van der Waals surface area contributed by atoms with Gasteiger partial charge < -0.3 is 9.47 Å². The standard InChI is InChI=1S/C22H21BrO2/c1-16-17(2)22(25-15-19-11-7-4-8-12-19)20(23)13-21(16)24-14-18-9-5-3-6-10-18/h3-13H,14-15H2,1-2H3. The Balaban J connectivity index is 1.74. The van der Waals surface area contributed by atoms with Crippen molar-refractivity contribution in [3.05, 3.63) is 93.5 Å². The van der Waals surface area contributed by atoms with E-state index < -0.39 is 0 Å². The minimum absolute atomic E-state index is 0.546. The number of rotatable bonds is 6. The lowest BCUT2D eigenvalue weighted by Crippen LogP contribution is -2.02. The minimum Gasteiger partial charge on any atom is -0.489 e. The zero-order valence-electron chi connectivity index (χ0n) is 14.5. The molecule has 25 heavy (non-hydrogen) atoms. The van der Waals surface area contributed by atoms with Crippen molar-refractivity contribution in [3.8, 4) is 11.5 Å². The number of benzene rings is 3. The van der Waals surface area contributed by atoms with Gasteiger partial charge in [0.2, 0.25) is 0 Å². The van der Waals surface area contributed by atoms with Gasteiger partial charge in [0.25, 0.3) is 0 Å². The number of ether oxygens (including phenoxy) is 2. The molecule has 128 valence electrons. The Hall–Kier alpha value is -2.26. The Morgan fingerprint density at radius 1 is 0.720 bits per heavy atom. The van der Waals surface area contributed by atoms with Crippen molar-refractivity contribution in [2.75, 3.05) is 0 Å². The molecule has 0 aliphatic rings. The van der Waals surface area contributed by atoms with Gasteiger partial charge in [0, 0.05) is 0 Å². The van der Waals surface area contributed by atoms with E-state index in [4.69, 9.17) is 9.47 Å². The third-order valence-electron chi connectivity index (χ3n) is 4.21. The smallest absolute Gasteiger partial charge is 0.137 e. The van der Waals surface area contributed by atoms with Crippen LogP contribution in [0.1, 0.15) is 22.3 Å². The average Bonchev–Trinajstić information content (AvgIpc) is 2.65. The lowest BCUT2D eigenvalue weighted by molar-refractivity contribution is 0.292. The Morgan fingerprint density at radius 2 is 1.24 bits per heavy atom. The molecule has 3 heteroatoms. The highest BCUT2D eigenvalue weighted by molar-refractivity contribution is 9.10. The van der Waals surface area contributed by atoms with Gasteiger partial charge in [0.05, 0.1) is 4.47 Å². The van der Waals surface area contributed by atoms with E-state index >= 15 is 0 Å². The summed E-state index contributed by atoms with van der Waals surface area (Å²) in [5.74, 6) is 1.74. The Morgan fingerprint density at radius 3 is 1.80 bits per heavy atom. The Bertz CT molecular complexity index is 830. The maximum atomic E-state index is 6.05. The first-order valence-electron chi connectivity index (χ1n) is 8.28. The van der Waals surface area contributed by atoms with Crippen molar-refractivity contribution in [3.63, 3.8) is 0 Å². The fraction of sp³-hybridized carbons (Fsp3) is 0.182. The fourth-order valence-corrected chi connectivity index (χ4v) is 3.24. The number of hydrogen-bond donors (Lipinski definition) is 0. The van der Waals surface area contributed by atoms with Crippen LogP contribution in [0.15, 0.2) is 71.2 Å². The molecule has 0 aliphatic carbocycles. The largest absolute Gasteiger partial charge is 0.489 e. The quantitative estimate of drug-likeness (QED) is 0.491. The SMILES string of the molecule is Cc1c(OCc2ccccc2)cc(Br)c(OCc2ccccc2)c1C. The third-order valence-corrected chi connectivity index (χ3v) is 4.80. The van der Waals surface area contributed by atoms with E-state index in [-0.39, 0.29) is 0 Å². The van der Waals surface area contributed by atoms with Gasteiger partial charge in [-0.2, -0.15) is 0 Å². The maximum Gasteiger partial charge on any atom is 0.137 e. The summed E-state index contributed by atoms with van der Waals surface area (Å²) in [6.07, 6.45) is 0. The lowest BCUT2D eigenvalue weighted by atomic mass is 10.1. The monoisotopic (exact) mass is 396 g/mol. The summed E-state index contributed by atoms with van der Waals surface area (Å²) in [6, 6.07) is 22.3. The molecule has 0 saturated carbocycles.